The van der Waals surface area contributed by atoms with E-state index in [1.807, 2.05) is 18.2 Å². The first-order chi connectivity index (χ1) is 12.2. The first kappa shape index (κ1) is 17.7. The van der Waals surface area contributed by atoms with Crippen LogP contribution in [0.4, 0.5) is 0 Å². The van der Waals surface area contributed by atoms with E-state index in [1.54, 1.807) is 26.5 Å². The molecule has 0 bridgehead atoms. The number of benzene rings is 1. The van der Waals surface area contributed by atoms with Gasteiger partial charge in [-0.05, 0) is 43.0 Å². The lowest BCUT2D eigenvalue weighted by molar-refractivity contribution is 0.0134. The van der Waals surface area contributed by atoms with Crippen molar-refractivity contribution in [3.05, 3.63) is 41.7 Å². The largest absolute Gasteiger partial charge is 0.506 e. The lowest BCUT2D eigenvalue weighted by Crippen LogP contribution is -2.27. The zero-order chi connectivity index (χ0) is 17.6. The smallest absolute Gasteiger partial charge is 0.160 e. The zero-order valence-electron chi connectivity index (χ0n) is 15.0. The summed E-state index contributed by atoms with van der Waals surface area (Å²) in [6.45, 7) is 0.651. The molecule has 136 valence electrons. The molecule has 0 aliphatic heterocycles. The second-order valence-electron chi connectivity index (χ2n) is 6.52. The number of aromatic nitrogens is 1. The summed E-state index contributed by atoms with van der Waals surface area (Å²) >= 11 is 0. The van der Waals surface area contributed by atoms with Crippen molar-refractivity contribution in [3.63, 3.8) is 0 Å². The van der Waals surface area contributed by atoms with Crippen LogP contribution in [0, 0.1) is 0 Å². The van der Waals surface area contributed by atoms with Crippen LogP contribution in [0.25, 0.3) is 0 Å². The van der Waals surface area contributed by atoms with Gasteiger partial charge >= 0.3 is 0 Å². The molecule has 1 aliphatic rings. The Balaban J connectivity index is 1.59. The second-order valence-corrected chi connectivity index (χ2v) is 6.52. The normalized spacial score (nSPS) is 20.4. The van der Waals surface area contributed by atoms with Crippen LogP contribution < -0.4 is 9.47 Å². The van der Waals surface area contributed by atoms with E-state index < -0.39 is 0 Å². The van der Waals surface area contributed by atoms with E-state index in [0.717, 1.165) is 42.0 Å². The number of aromatic amines is 1. The molecule has 0 saturated heterocycles. The van der Waals surface area contributed by atoms with Gasteiger partial charge in [0.15, 0.2) is 11.5 Å². The Morgan fingerprint density at radius 1 is 1.08 bits per heavy atom. The van der Waals surface area contributed by atoms with Gasteiger partial charge in [0, 0.05) is 12.1 Å². The Morgan fingerprint density at radius 3 is 2.60 bits per heavy atom. The fourth-order valence-electron chi connectivity index (χ4n) is 3.66. The van der Waals surface area contributed by atoms with Crippen LogP contribution in [0.2, 0.25) is 0 Å². The van der Waals surface area contributed by atoms with Crippen LogP contribution in [-0.2, 0) is 11.2 Å². The number of aromatic hydroxyl groups is 1. The molecular weight excluding hydrogens is 318 g/mol. The molecule has 2 aromatic rings. The van der Waals surface area contributed by atoms with Crippen molar-refractivity contribution in [1.29, 1.82) is 0 Å². The van der Waals surface area contributed by atoms with Gasteiger partial charge in [0.1, 0.15) is 5.75 Å². The minimum absolute atomic E-state index is 0.151. The predicted octanol–water partition coefficient (Wildman–Crippen LogP) is 4.02. The molecule has 1 heterocycles. The summed E-state index contributed by atoms with van der Waals surface area (Å²) in [4.78, 5) is 3.18. The van der Waals surface area contributed by atoms with Crippen LogP contribution in [0.3, 0.4) is 0 Å². The molecule has 0 radical (unpaired) electrons. The highest BCUT2D eigenvalue weighted by molar-refractivity contribution is 5.42. The van der Waals surface area contributed by atoms with E-state index in [4.69, 9.17) is 14.2 Å². The lowest BCUT2D eigenvalue weighted by atomic mass is 9.84. The minimum atomic E-state index is 0.151. The van der Waals surface area contributed by atoms with E-state index >= 15 is 0 Å². The average Bonchev–Trinajstić information content (AvgIpc) is 3.07. The molecule has 5 nitrogen and oxygen atoms in total. The zero-order valence-corrected chi connectivity index (χ0v) is 15.0. The number of methoxy groups -OCH3 is 2. The van der Waals surface area contributed by atoms with Crippen molar-refractivity contribution in [3.8, 4) is 17.2 Å². The van der Waals surface area contributed by atoms with Crippen LogP contribution in [-0.4, -0.2) is 37.0 Å². The van der Waals surface area contributed by atoms with Crippen molar-refractivity contribution < 1.29 is 19.3 Å². The third-order valence-electron chi connectivity index (χ3n) is 5.00. The van der Waals surface area contributed by atoms with Crippen LogP contribution >= 0.6 is 0 Å². The molecule has 1 aromatic carbocycles. The summed E-state index contributed by atoms with van der Waals surface area (Å²) < 4.78 is 16.8. The highest BCUT2D eigenvalue weighted by atomic mass is 16.5. The van der Waals surface area contributed by atoms with Gasteiger partial charge in [0.2, 0.25) is 0 Å². The first-order valence-electron chi connectivity index (χ1n) is 8.91. The fourth-order valence-corrected chi connectivity index (χ4v) is 3.66. The standard InChI is InChI=1S/C20H27NO4/c1-23-18-8-7-14(13-19(18)24-2)10-12-25-17-6-4-3-5-15(17)20-16(22)9-11-21-20/h7-9,11,13,15,17,21-22H,3-6,10,12H2,1-2H3/t15-,17+/m0/s1. The molecule has 0 unspecified atom stereocenters. The number of nitrogens with one attached hydrogen (secondary N) is 1. The number of ether oxygens (including phenoxy) is 3. The van der Waals surface area contributed by atoms with E-state index in [0.29, 0.717) is 12.4 Å². The summed E-state index contributed by atoms with van der Waals surface area (Å²) in [7, 11) is 3.29. The fraction of sp³-hybridized carbons (Fsp3) is 0.500. The first-order valence-corrected chi connectivity index (χ1v) is 8.91. The number of hydrogen-bond donors (Lipinski definition) is 2. The van der Waals surface area contributed by atoms with Gasteiger partial charge in [-0.15, -0.1) is 0 Å². The van der Waals surface area contributed by atoms with Crippen LogP contribution in [0.5, 0.6) is 17.2 Å². The molecule has 1 aromatic heterocycles. The van der Waals surface area contributed by atoms with E-state index in [1.165, 1.54) is 12.8 Å². The number of hydrogen-bond acceptors (Lipinski definition) is 4. The quantitative estimate of drug-likeness (QED) is 0.795. The van der Waals surface area contributed by atoms with Gasteiger partial charge in [-0.3, -0.25) is 0 Å². The molecule has 2 N–H and O–H groups in total. The van der Waals surface area contributed by atoms with E-state index in [-0.39, 0.29) is 12.0 Å². The van der Waals surface area contributed by atoms with Crippen molar-refractivity contribution in [2.45, 2.75) is 44.1 Å². The Labute approximate surface area is 148 Å². The van der Waals surface area contributed by atoms with Crippen molar-refractivity contribution in [1.82, 2.24) is 4.98 Å². The van der Waals surface area contributed by atoms with Gasteiger partial charge in [-0.25, -0.2) is 0 Å². The summed E-state index contributed by atoms with van der Waals surface area (Å²) in [5, 5.41) is 10.0. The SMILES string of the molecule is COc1ccc(CCO[C@@H]2CCCC[C@@H]2c2[nH]ccc2O)cc1OC. The van der Waals surface area contributed by atoms with Gasteiger partial charge in [-0.1, -0.05) is 18.9 Å². The molecule has 1 fully saturated rings. The number of H-pyrrole nitrogens is 1. The maximum Gasteiger partial charge on any atom is 0.160 e. The third kappa shape index (κ3) is 4.10. The van der Waals surface area contributed by atoms with Crippen molar-refractivity contribution >= 4 is 0 Å². The van der Waals surface area contributed by atoms with E-state index in [9.17, 15) is 5.11 Å². The molecule has 1 aliphatic carbocycles. The Kier molecular flexibility index (Phi) is 5.87. The molecular formula is C20H27NO4. The van der Waals surface area contributed by atoms with Gasteiger partial charge in [-0.2, -0.15) is 0 Å². The molecule has 0 amide bonds. The van der Waals surface area contributed by atoms with Gasteiger partial charge in [0.05, 0.1) is 32.6 Å². The van der Waals surface area contributed by atoms with Crippen molar-refractivity contribution in [2.75, 3.05) is 20.8 Å². The minimum Gasteiger partial charge on any atom is -0.506 e. The highest BCUT2D eigenvalue weighted by Gasteiger charge is 2.29. The maximum atomic E-state index is 10.0. The molecule has 2 atom stereocenters. The molecule has 1 saturated carbocycles. The second kappa shape index (κ2) is 8.30. The summed E-state index contributed by atoms with van der Waals surface area (Å²) in [5.74, 6) is 2.07. The Morgan fingerprint density at radius 2 is 1.88 bits per heavy atom. The molecule has 5 heteroatoms. The summed E-state index contributed by atoms with van der Waals surface area (Å²) in [6.07, 6.45) is 7.21. The lowest BCUT2D eigenvalue weighted by Gasteiger charge is -2.31. The number of rotatable bonds is 7. The molecule has 25 heavy (non-hydrogen) atoms. The van der Waals surface area contributed by atoms with Gasteiger partial charge in [0.25, 0.3) is 0 Å². The van der Waals surface area contributed by atoms with E-state index in [2.05, 4.69) is 4.98 Å². The topological polar surface area (TPSA) is 63.7 Å². The summed E-state index contributed by atoms with van der Waals surface area (Å²) in [6, 6.07) is 7.68. The van der Waals surface area contributed by atoms with Gasteiger partial charge < -0.3 is 24.3 Å². The molecule has 3 rings (SSSR count). The Hall–Kier alpha value is -2.14. The summed E-state index contributed by atoms with van der Waals surface area (Å²) in [5.41, 5.74) is 2.07. The molecule has 0 spiro atoms. The van der Waals surface area contributed by atoms with Crippen LogP contribution in [0.15, 0.2) is 30.5 Å². The predicted molar refractivity (Wildman–Crippen MR) is 96.7 cm³/mol. The van der Waals surface area contributed by atoms with Crippen molar-refractivity contribution in [2.24, 2.45) is 0 Å². The Bertz CT molecular complexity index is 682. The monoisotopic (exact) mass is 345 g/mol. The highest BCUT2D eigenvalue weighted by Crippen LogP contribution is 2.38. The van der Waals surface area contributed by atoms with Crippen LogP contribution in [0.1, 0.15) is 42.9 Å². The third-order valence-corrected chi connectivity index (χ3v) is 5.00. The maximum absolute atomic E-state index is 10.0. The average molecular weight is 345 g/mol.